The lowest BCUT2D eigenvalue weighted by Crippen LogP contribution is -2.50. The summed E-state index contributed by atoms with van der Waals surface area (Å²) in [6.07, 6.45) is 6.27. The van der Waals surface area contributed by atoms with Gasteiger partial charge in [-0.25, -0.2) is 0 Å². The quantitative estimate of drug-likeness (QED) is 0.711. The zero-order chi connectivity index (χ0) is 16.6. The average Bonchev–Trinajstić information content (AvgIpc) is 3.19. The molecule has 1 aromatic carbocycles. The molecule has 0 saturated carbocycles. The number of carbonyl (C=O) groups excluding carboxylic acids is 2. The second-order valence-electron chi connectivity index (χ2n) is 6.51. The number of hydrogen-bond acceptors (Lipinski definition) is 2. The van der Waals surface area contributed by atoms with Gasteiger partial charge in [0, 0.05) is 17.1 Å². The van der Waals surface area contributed by atoms with Crippen molar-refractivity contribution in [2.75, 3.05) is 0 Å². The van der Waals surface area contributed by atoms with E-state index in [2.05, 4.69) is 10.3 Å². The summed E-state index contributed by atoms with van der Waals surface area (Å²) in [5.74, 6) is -0.711. The Hall–Kier alpha value is -2.56. The van der Waals surface area contributed by atoms with Crippen molar-refractivity contribution >= 4 is 22.7 Å². The molecule has 120 valence electrons. The molecular weight excluding hydrogens is 290 g/mol. The minimum atomic E-state index is -0.648. The summed E-state index contributed by atoms with van der Waals surface area (Å²) < 4.78 is 0. The van der Waals surface area contributed by atoms with Crippen LogP contribution in [-0.2, 0) is 16.0 Å². The molecule has 0 bridgehead atoms. The van der Waals surface area contributed by atoms with E-state index in [1.807, 2.05) is 56.5 Å². The van der Waals surface area contributed by atoms with Crippen LogP contribution in [0, 0.1) is 11.3 Å². The number of rotatable bonds is 6. The largest absolute Gasteiger partial charge is 0.368 e. The predicted octanol–water partition coefficient (Wildman–Crippen LogP) is 1.89. The van der Waals surface area contributed by atoms with Crippen LogP contribution in [0.5, 0.6) is 0 Å². The number of aromatic amines is 1. The van der Waals surface area contributed by atoms with Crippen molar-refractivity contribution in [3.8, 4) is 0 Å². The van der Waals surface area contributed by atoms with Crippen molar-refractivity contribution in [1.82, 2.24) is 10.3 Å². The van der Waals surface area contributed by atoms with E-state index in [4.69, 9.17) is 5.73 Å². The molecule has 0 spiro atoms. The molecule has 1 heterocycles. The van der Waals surface area contributed by atoms with Crippen LogP contribution < -0.4 is 11.1 Å². The van der Waals surface area contributed by atoms with E-state index in [1.165, 1.54) is 0 Å². The van der Waals surface area contributed by atoms with Gasteiger partial charge in [0.15, 0.2) is 0 Å². The summed E-state index contributed by atoms with van der Waals surface area (Å²) in [6.45, 7) is 3.73. The molecule has 0 fully saturated rings. The standard InChI is InChI=1S/C18H21N3O2/c1-11(2)15(16(19)22)21-17(23)18(7-8-18)9-12-10-20-14-6-4-3-5-13(12)14/h3-8,10-11,15,20H,9H2,1-2H3,(H2,19,22)(H,21,23)/t15-/m0/s1. The zero-order valence-corrected chi connectivity index (χ0v) is 13.3. The van der Waals surface area contributed by atoms with Crippen molar-refractivity contribution in [3.63, 3.8) is 0 Å². The number of benzene rings is 1. The number of fused-ring (bicyclic) bond motifs is 1. The lowest BCUT2D eigenvalue weighted by atomic mass is 9.92. The minimum Gasteiger partial charge on any atom is -0.368 e. The number of hydrogen-bond donors (Lipinski definition) is 3. The van der Waals surface area contributed by atoms with Crippen LogP contribution in [0.4, 0.5) is 0 Å². The Bertz CT molecular complexity index is 782. The first kappa shape index (κ1) is 15.3. The van der Waals surface area contributed by atoms with Gasteiger partial charge >= 0.3 is 0 Å². The van der Waals surface area contributed by atoms with Gasteiger partial charge in [-0.3, -0.25) is 9.59 Å². The van der Waals surface area contributed by atoms with Crippen LogP contribution in [0.2, 0.25) is 0 Å². The maximum absolute atomic E-state index is 12.6. The number of para-hydroxylation sites is 1. The number of amides is 2. The highest BCUT2D eigenvalue weighted by molar-refractivity contribution is 5.95. The van der Waals surface area contributed by atoms with E-state index in [0.29, 0.717) is 6.42 Å². The molecule has 1 aliphatic carbocycles. The van der Waals surface area contributed by atoms with Gasteiger partial charge in [-0.1, -0.05) is 44.2 Å². The summed E-state index contributed by atoms with van der Waals surface area (Å²) in [5, 5.41) is 3.91. The van der Waals surface area contributed by atoms with Crippen LogP contribution in [-0.4, -0.2) is 22.8 Å². The molecule has 5 nitrogen and oxygen atoms in total. The number of aromatic nitrogens is 1. The van der Waals surface area contributed by atoms with Crippen molar-refractivity contribution in [2.45, 2.75) is 26.3 Å². The van der Waals surface area contributed by atoms with Gasteiger partial charge in [0.05, 0.1) is 5.41 Å². The molecule has 0 unspecified atom stereocenters. The van der Waals surface area contributed by atoms with Gasteiger partial charge in [-0.2, -0.15) is 0 Å². The normalized spacial score (nSPS) is 16.5. The monoisotopic (exact) mass is 311 g/mol. The second-order valence-corrected chi connectivity index (χ2v) is 6.51. The van der Waals surface area contributed by atoms with Crippen LogP contribution in [0.25, 0.3) is 10.9 Å². The number of nitrogens with two attached hydrogens (primary N) is 1. The molecule has 5 heteroatoms. The van der Waals surface area contributed by atoms with Gasteiger partial charge in [-0.15, -0.1) is 0 Å². The first-order chi connectivity index (χ1) is 10.9. The Morgan fingerprint density at radius 2 is 1.96 bits per heavy atom. The Morgan fingerprint density at radius 1 is 1.26 bits per heavy atom. The van der Waals surface area contributed by atoms with Crippen molar-refractivity contribution < 1.29 is 9.59 Å². The topological polar surface area (TPSA) is 88.0 Å². The van der Waals surface area contributed by atoms with Gasteiger partial charge in [0.1, 0.15) is 6.04 Å². The van der Waals surface area contributed by atoms with Gasteiger partial charge in [0.25, 0.3) is 0 Å². The molecule has 1 aliphatic rings. The third-order valence-electron chi connectivity index (χ3n) is 4.41. The first-order valence-electron chi connectivity index (χ1n) is 7.78. The maximum Gasteiger partial charge on any atom is 0.240 e. The molecule has 3 rings (SSSR count). The van der Waals surface area contributed by atoms with Crippen LogP contribution in [0.3, 0.4) is 0 Å². The van der Waals surface area contributed by atoms with E-state index >= 15 is 0 Å². The number of primary amides is 1. The Labute approximate surface area is 134 Å². The Kier molecular flexibility index (Phi) is 3.72. The summed E-state index contributed by atoms with van der Waals surface area (Å²) >= 11 is 0. The van der Waals surface area contributed by atoms with Gasteiger partial charge < -0.3 is 16.0 Å². The summed E-state index contributed by atoms with van der Waals surface area (Å²) in [6, 6.07) is 7.35. The highest BCUT2D eigenvalue weighted by Crippen LogP contribution is 2.40. The third-order valence-corrected chi connectivity index (χ3v) is 4.41. The molecule has 0 aliphatic heterocycles. The minimum absolute atomic E-state index is 0.0414. The lowest BCUT2D eigenvalue weighted by Gasteiger charge is -2.23. The number of carbonyl (C=O) groups is 2. The maximum atomic E-state index is 12.6. The van der Waals surface area contributed by atoms with Crippen molar-refractivity contribution in [3.05, 3.63) is 48.2 Å². The fourth-order valence-corrected chi connectivity index (χ4v) is 2.89. The molecule has 4 N–H and O–H groups in total. The zero-order valence-electron chi connectivity index (χ0n) is 13.3. The summed E-state index contributed by atoms with van der Waals surface area (Å²) in [7, 11) is 0. The molecule has 0 saturated heterocycles. The van der Waals surface area contributed by atoms with Gasteiger partial charge in [0.2, 0.25) is 11.8 Å². The van der Waals surface area contributed by atoms with E-state index in [9.17, 15) is 9.59 Å². The summed E-state index contributed by atoms with van der Waals surface area (Å²) in [5.41, 5.74) is 6.87. The third kappa shape index (κ3) is 2.86. The Balaban J connectivity index is 1.77. The molecule has 1 aromatic heterocycles. The smallest absolute Gasteiger partial charge is 0.240 e. The van der Waals surface area contributed by atoms with Crippen LogP contribution in [0.15, 0.2) is 42.6 Å². The second kappa shape index (κ2) is 5.57. The average molecular weight is 311 g/mol. The van der Waals surface area contributed by atoms with E-state index < -0.39 is 17.4 Å². The van der Waals surface area contributed by atoms with Crippen LogP contribution in [0.1, 0.15) is 19.4 Å². The van der Waals surface area contributed by atoms with E-state index in [-0.39, 0.29) is 11.8 Å². The predicted molar refractivity (Wildman–Crippen MR) is 89.5 cm³/mol. The number of H-pyrrole nitrogens is 1. The van der Waals surface area contributed by atoms with E-state index in [0.717, 1.165) is 16.5 Å². The molecule has 0 radical (unpaired) electrons. The fourth-order valence-electron chi connectivity index (χ4n) is 2.89. The highest BCUT2D eigenvalue weighted by atomic mass is 16.2. The molecule has 1 atom stereocenters. The van der Waals surface area contributed by atoms with Crippen molar-refractivity contribution in [2.24, 2.45) is 17.1 Å². The number of nitrogens with one attached hydrogen (secondary N) is 2. The first-order valence-corrected chi connectivity index (χ1v) is 7.78. The van der Waals surface area contributed by atoms with Crippen LogP contribution >= 0.6 is 0 Å². The Morgan fingerprint density at radius 3 is 2.57 bits per heavy atom. The summed E-state index contributed by atoms with van der Waals surface area (Å²) in [4.78, 5) is 27.3. The molecule has 23 heavy (non-hydrogen) atoms. The molecule has 2 amide bonds. The van der Waals surface area contributed by atoms with Gasteiger partial charge in [-0.05, 0) is 24.0 Å². The van der Waals surface area contributed by atoms with E-state index in [1.54, 1.807) is 0 Å². The SMILES string of the molecule is CC(C)[C@H](NC(=O)C1(Cc2c[nH]c3ccccc23)C=C1)C(N)=O. The van der Waals surface area contributed by atoms with Crippen molar-refractivity contribution in [1.29, 1.82) is 0 Å². The molecule has 2 aromatic rings. The fraction of sp³-hybridized carbons (Fsp3) is 0.333. The highest BCUT2D eigenvalue weighted by Gasteiger charge is 2.44. The lowest BCUT2D eigenvalue weighted by molar-refractivity contribution is -0.131. The molecular formula is C18H21N3O2.